The molecule has 0 saturated heterocycles. The van der Waals surface area contributed by atoms with Gasteiger partial charge >= 0.3 is 5.69 Å². The highest BCUT2D eigenvalue weighted by Crippen LogP contribution is 1.96. The minimum atomic E-state index is -0.478. The quantitative estimate of drug-likeness (QED) is 0.362. The highest BCUT2D eigenvalue weighted by atomic mass is 16.2. The van der Waals surface area contributed by atoms with Gasteiger partial charge in [-0.1, -0.05) is 0 Å². The van der Waals surface area contributed by atoms with E-state index >= 15 is 0 Å². The number of hydrogen-bond acceptors (Lipinski definition) is 4. The van der Waals surface area contributed by atoms with Gasteiger partial charge in [-0.15, -0.1) is 0 Å². The third-order valence-electron chi connectivity index (χ3n) is 1.41. The Morgan fingerprint density at radius 3 is 2.67 bits per heavy atom. The molecular weight excluding hydrogens is 167 g/mol. The first kappa shape index (κ1) is 6.65. The van der Waals surface area contributed by atoms with Crippen molar-refractivity contribution in [3.8, 4) is 0 Å². The number of imidazole rings is 1. The maximum atomic E-state index is 11.0. The van der Waals surface area contributed by atoms with Crippen LogP contribution in [0.25, 0.3) is 11.2 Å². The first-order chi connectivity index (χ1) is 5.66. The number of nitrogens with one attached hydrogen (secondary N) is 3. The second-order valence-electron chi connectivity index (χ2n) is 2.25. The summed E-state index contributed by atoms with van der Waals surface area (Å²) in [6, 6.07) is 0. The van der Waals surface area contributed by atoms with Crippen molar-refractivity contribution in [3.63, 3.8) is 0 Å². The number of aromatic amines is 3. The molecule has 0 bridgehead atoms. The Hall–Kier alpha value is -2.05. The molecule has 7 heteroatoms. The molecule has 0 saturated carbocycles. The standard InChI is InChI=1S/C5H5N5O2/c6-4-8-2-1(3(11)10-4)7-5(12)9-2/h(H5,6,7,8,9,10,11,12)/i6+1,7+1,8+1,9+1,10+1. The third-order valence-corrected chi connectivity index (χ3v) is 1.41. The van der Waals surface area contributed by atoms with Crippen molar-refractivity contribution in [1.29, 1.82) is 0 Å². The van der Waals surface area contributed by atoms with Crippen molar-refractivity contribution in [1.82, 2.24) is 19.9 Å². The number of nitrogen functional groups attached to an aromatic ring is 1. The minimum Gasteiger partial charge on any atom is -0.369 e. The largest absolute Gasteiger partial charge is 0.369 e. The normalized spacial score (nSPS) is 10.7. The van der Waals surface area contributed by atoms with E-state index in [9.17, 15) is 9.59 Å². The van der Waals surface area contributed by atoms with Gasteiger partial charge in [0.25, 0.3) is 5.56 Å². The molecule has 0 spiro atoms. The Morgan fingerprint density at radius 2 is 1.92 bits per heavy atom. The van der Waals surface area contributed by atoms with Gasteiger partial charge in [-0.3, -0.25) is 19.7 Å². The van der Waals surface area contributed by atoms with Gasteiger partial charge in [0.15, 0.2) is 11.2 Å². The summed E-state index contributed by atoms with van der Waals surface area (Å²) in [6.45, 7) is 0. The van der Waals surface area contributed by atoms with Crippen LogP contribution in [-0.4, -0.2) is 19.9 Å². The number of H-pyrrole nitrogens is 3. The van der Waals surface area contributed by atoms with E-state index in [2.05, 4.69) is 19.9 Å². The van der Waals surface area contributed by atoms with Gasteiger partial charge in [0, 0.05) is 0 Å². The van der Waals surface area contributed by atoms with Gasteiger partial charge in [0.05, 0.1) is 0 Å². The summed E-state index contributed by atoms with van der Waals surface area (Å²) in [7, 11) is 0. The predicted molar refractivity (Wildman–Crippen MR) is 41.7 cm³/mol. The smallest absolute Gasteiger partial charge is 0.325 e. The van der Waals surface area contributed by atoms with E-state index in [1.54, 1.807) is 0 Å². The SMILES string of the molecule is [15NH2]c1[15n]c2[15nH]c(=O)[15nH]c2c(=O)[15nH]1. The van der Waals surface area contributed by atoms with Crippen LogP contribution in [0.4, 0.5) is 5.95 Å². The van der Waals surface area contributed by atoms with Crippen molar-refractivity contribution in [2.75, 3.05) is 5.73 Å². The molecule has 0 aliphatic heterocycles. The molecule has 5 N–H and O–H groups in total. The molecule has 2 heterocycles. The van der Waals surface area contributed by atoms with Gasteiger partial charge in [0.2, 0.25) is 5.95 Å². The third kappa shape index (κ3) is 0.797. The predicted octanol–water partition coefficient (Wildman–Crippen LogP) is -1.48. The molecule has 12 heavy (non-hydrogen) atoms. The molecule has 0 fully saturated rings. The number of aromatic nitrogens is 4. The average molecular weight is 172 g/mol. The van der Waals surface area contributed by atoms with Crippen LogP contribution in [-0.2, 0) is 0 Å². The topological polar surface area (TPSA) is 120 Å². The van der Waals surface area contributed by atoms with Gasteiger partial charge in [-0.25, -0.2) is 4.79 Å². The lowest BCUT2D eigenvalue weighted by molar-refractivity contribution is 1.17. The lowest BCUT2D eigenvalue weighted by atomic mass is 10.6. The number of anilines is 1. The van der Waals surface area contributed by atoms with Gasteiger partial charge in [-0.05, 0) is 0 Å². The van der Waals surface area contributed by atoms with E-state index in [1.165, 1.54) is 0 Å². The zero-order valence-electron chi connectivity index (χ0n) is 5.84. The summed E-state index contributed by atoms with van der Waals surface area (Å²) in [5.41, 5.74) is 4.56. The summed E-state index contributed by atoms with van der Waals surface area (Å²) < 4.78 is 0. The summed E-state index contributed by atoms with van der Waals surface area (Å²) >= 11 is 0. The van der Waals surface area contributed by atoms with E-state index in [0.717, 1.165) is 0 Å². The molecule has 62 valence electrons. The monoisotopic (exact) mass is 172 g/mol. The lowest BCUT2D eigenvalue weighted by Crippen LogP contribution is -2.11. The van der Waals surface area contributed by atoms with Crippen LogP contribution in [0.5, 0.6) is 0 Å². The Kier molecular flexibility index (Phi) is 1.09. The molecule has 0 aromatic carbocycles. The summed E-state index contributed by atoms with van der Waals surface area (Å²) in [6.07, 6.45) is 0. The fourth-order valence-electron chi connectivity index (χ4n) is 0.949. The Morgan fingerprint density at radius 1 is 1.17 bits per heavy atom. The Labute approximate surface area is 64.6 Å². The highest BCUT2D eigenvalue weighted by molar-refractivity contribution is 5.69. The van der Waals surface area contributed by atoms with E-state index in [1.807, 2.05) is 0 Å². The molecule has 2 aromatic rings. The molecule has 2 aromatic heterocycles. The summed E-state index contributed by atoms with van der Waals surface area (Å²) in [5.74, 6) is -0.0252. The maximum absolute atomic E-state index is 11.0. The first-order valence-corrected chi connectivity index (χ1v) is 3.14. The lowest BCUT2D eigenvalue weighted by Gasteiger charge is -1.89. The molecular formula is C5H5N5O2. The second-order valence-corrected chi connectivity index (χ2v) is 2.25. The number of fused-ring (bicyclic) bond motifs is 1. The second kappa shape index (κ2) is 1.97. The van der Waals surface area contributed by atoms with Crippen LogP contribution in [0.15, 0.2) is 9.59 Å². The van der Waals surface area contributed by atoms with E-state index in [0.29, 0.717) is 0 Å². The fourth-order valence-corrected chi connectivity index (χ4v) is 0.949. The van der Waals surface area contributed by atoms with Gasteiger partial charge in [0.1, 0.15) is 0 Å². The molecule has 7 nitrogen and oxygen atoms in total. The average Bonchev–Trinajstić information content (AvgIpc) is 2.29. The van der Waals surface area contributed by atoms with Crippen LogP contribution in [0.3, 0.4) is 0 Å². The fraction of sp³-hybridized carbons (Fsp3) is 0. The van der Waals surface area contributed by atoms with Gasteiger partial charge in [-0.2, -0.15) is 4.98 Å². The first-order valence-electron chi connectivity index (χ1n) is 3.14. The van der Waals surface area contributed by atoms with Crippen LogP contribution < -0.4 is 17.0 Å². The maximum Gasteiger partial charge on any atom is 0.325 e. The summed E-state index contributed by atoms with van der Waals surface area (Å²) in [5, 5.41) is 0. The molecule has 0 amide bonds. The Bertz CT molecular complexity index is 532. The zero-order chi connectivity index (χ0) is 8.72. The van der Waals surface area contributed by atoms with Crippen LogP contribution in [0.1, 0.15) is 0 Å². The highest BCUT2D eigenvalue weighted by Gasteiger charge is 2.03. The van der Waals surface area contributed by atoms with Gasteiger partial charge < -0.3 is 5.73 Å². The van der Waals surface area contributed by atoms with Crippen molar-refractivity contribution in [3.05, 3.63) is 20.8 Å². The number of nitrogens with two attached hydrogens (primary N) is 1. The van der Waals surface area contributed by atoms with E-state index in [4.69, 9.17) is 5.73 Å². The molecule has 2 rings (SSSR count). The van der Waals surface area contributed by atoms with E-state index in [-0.39, 0.29) is 17.1 Å². The van der Waals surface area contributed by atoms with Crippen molar-refractivity contribution in [2.45, 2.75) is 0 Å². The van der Waals surface area contributed by atoms with Crippen molar-refractivity contribution < 1.29 is 0 Å². The van der Waals surface area contributed by atoms with Crippen LogP contribution in [0, 0.1) is 0 Å². The van der Waals surface area contributed by atoms with Crippen LogP contribution in [0.2, 0.25) is 0 Å². The van der Waals surface area contributed by atoms with Crippen molar-refractivity contribution >= 4 is 17.1 Å². The van der Waals surface area contributed by atoms with Crippen molar-refractivity contribution in [2.24, 2.45) is 0 Å². The number of nitrogens with zero attached hydrogens (tertiary/aromatic N) is 1. The molecule has 0 aliphatic rings. The number of hydrogen-bond donors (Lipinski definition) is 4. The number of rotatable bonds is 0. The minimum absolute atomic E-state index is 0.0252. The molecule has 0 aliphatic carbocycles. The molecule has 0 unspecified atom stereocenters. The van der Waals surface area contributed by atoms with Crippen LogP contribution >= 0.6 is 0 Å². The Balaban J connectivity index is 3.08. The molecule has 0 atom stereocenters. The zero-order valence-corrected chi connectivity index (χ0v) is 5.84. The summed E-state index contributed by atoms with van der Waals surface area (Å²) in [4.78, 5) is 32.3. The molecule has 0 radical (unpaired) electrons. The van der Waals surface area contributed by atoms with E-state index < -0.39 is 11.2 Å².